The SMILES string of the molecule is C=C1C=CN(c2c(C(C)C)cccc2C(C)C)[C]N1c1c(C(C)C)cccc1C(C)C. The third-order valence-corrected chi connectivity index (χ3v) is 6.06. The Kier molecular flexibility index (Phi) is 6.99. The van der Waals surface area contributed by atoms with Gasteiger partial charge in [-0.25, -0.2) is 0 Å². The zero-order valence-electron chi connectivity index (χ0n) is 20.5. The summed E-state index contributed by atoms with van der Waals surface area (Å²) in [6, 6.07) is 13.3. The van der Waals surface area contributed by atoms with E-state index in [2.05, 4.69) is 127 Å². The van der Waals surface area contributed by atoms with E-state index in [1.54, 1.807) is 0 Å². The van der Waals surface area contributed by atoms with Crippen molar-refractivity contribution in [2.75, 3.05) is 9.80 Å². The van der Waals surface area contributed by atoms with Gasteiger partial charge in [0.05, 0.1) is 5.69 Å². The van der Waals surface area contributed by atoms with Crippen molar-refractivity contribution in [3.63, 3.8) is 0 Å². The fraction of sp³-hybridized carbons (Fsp3) is 0.414. The average Bonchev–Trinajstić information content (AvgIpc) is 2.72. The van der Waals surface area contributed by atoms with Gasteiger partial charge in [-0.15, -0.1) is 0 Å². The number of benzene rings is 2. The largest absolute Gasteiger partial charge is 0.316 e. The van der Waals surface area contributed by atoms with E-state index >= 15 is 0 Å². The van der Waals surface area contributed by atoms with Gasteiger partial charge < -0.3 is 9.80 Å². The minimum atomic E-state index is 0.414. The van der Waals surface area contributed by atoms with Crippen LogP contribution in [-0.4, -0.2) is 0 Å². The zero-order chi connectivity index (χ0) is 22.9. The van der Waals surface area contributed by atoms with E-state index in [9.17, 15) is 0 Å². The number of hydrogen-bond acceptors (Lipinski definition) is 2. The number of hydrogen-bond donors (Lipinski definition) is 0. The van der Waals surface area contributed by atoms with Crippen molar-refractivity contribution in [1.29, 1.82) is 0 Å². The molecule has 0 amide bonds. The zero-order valence-corrected chi connectivity index (χ0v) is 20.5. The molecule has 0 aromatic heterocycles. The first-order valence-corrected chi connectivity index (χ1v) is 11.6. The summed E-state index contributed by atoms with van der Waals surface area (Å²) >= 11 is 0. The number of nitrogens with zero attached hydrogens (tertiary/aromatic N) is 2. The van der Waals surface area contributed by atoms with Gasteiger partial charge in [0.15, 0.2) is 0 Å². The highest BCUT2D eigenvalue weighted by molar-refractivity contribution is 5.73. The summed E-state index contributed by atoms with van der Waals surface area (Å²) in [5.74, 6) is 1.68. The Balaban J connectivity index is 2.16. The summed E-state index contributed by atoms with van der Waals surface area (Å²) in [5, 5.41) is 0. The second-order valence-electron chi connectivity index (χ2n) is 9.80. The van der Waals surface area contributed by atoms with E-state index in [-0.39, 0.29) is 0 Å². The van der Waals surface area contributed by atoms with Crippen LogP contribution >= 0.6 is 0 Å². The van der Waals surface area contributed by atoms with Crippen LogP contribution in [0.1, 0.15) is 101 Å². The molecule has 2 aromatic carbocycles. The maximum absolute atomic E-state index is 4.37. The van der Waals surface area contributed by atoms with E-state index in [0.717, 1.165) is 5.70 Å². The number of rotatable bonds is 6. The highest BCUT2D eigenvalue weighted by Crippen LogP contribution is 2.42. The lowest BCUT2D eigenvalue weighted by molar-refractivity contribution is 0.804. The maximum atomic E-state index is 4.37. The summed E-state index contributed by atoms with van der Waals surface area (Å²) in [6.07, 6.45) is 4.22. The summed E-state index contributed by atoms with van der Waals surface area (Å²) < 4.78 is 0. The van der Waals surface area contributed by atoms with E-state index in [0.29, 0.717) is 23.7 Å². The molecule has 2 radical (unpaired) electrons. The molecular formula is C29H38N2. The lowest BCUT2D eigenvalue weighted by Crippen LogP contribution is -2.34. The molecule has 0 unspecified atom stereocenters. The minimum Gasteiger partial charge on any atom is -0.316 e. The molecule has 0 spiro atoms. The van der Waals surface area contributed by atoms with Gasteiger partial charge in [0.25, 0.3) is 0 Å². The molecule has 1 aliphatic heterocycles. The van der Waals surface area contributed by atoms with Crippen LogP contribution in [0.5, 0.6) is 0 Å². The molecule has 2 heteroatoms. The molecule has 0 bridgehead atoms. The average molecular weight is 415 g/mol. The van der Waals surface area contributed by atoms with Crippen LogP contribution in [0.15, 0.2) is 61.0 Å². The van der Waals surface area contributed by atoms with Crippen molar-refractivity contribution in [2.45, 2.75) is 79.1 Å². The predicted octanol–water partition coefficient (Wildman–Crippen LogP) is 8.53. The molecule has 0 fully saturated rings. The lowest BCUT2D eigenvalue weighted by Gasteiger charge is -2.38. The molecule has 0 aliphatic carbocycles. The standard InChI is InChI=1S/C29H38N2/c1-19(2)24-12-10-13-25(20(3)4)28(24)30-17-16-23(9)31(18-30)29-26(21(5)6)14-11-15-27(29)22(7)8/h10-17,19-22H,9H2,1-8H3. The topological polar surface area (TPSA) is 6.48 Å². The van der Waals surface area contributed by atoms with Crippen LogP contribution < -0.4 is 9.80 Å². The molecule has 2 aromatic rings. The Morgan fingerprint density at radius 2 is 1.03 bits per heavy atom. The summed E-state index contributed by atoms with van der Waals surface area (Å²) in [4.78, 5) is 4.35. The van der Waals surface area contributed by atoms with Crippen molar-refractivity contribution in [2.24, 2.45) is 0 Å². The Morgan fingerprint density at radius 3 is 1.42 bits per heavy atom. The molecule has 31 heavy (non-hydrogen) atoms. The molecule has 164 valence electrons. The van der Waals surface area contributed by atoms with E-state index in [1.807, 2.05) is 0 Å². The summed E-state index contributed by atoms with van der Waals surface area (Å²) in [6.45, 7) is 26.1. The highest BCUT2D eigenvalue weighted by atomic mass is 15.3. The monoisotopic (exact) mass is 414 g/mol. The molecule has 3 rings (SSSR count). The van der Waals surface area contributed by atoms with Gasteiger partial charge in [-0.2, -0.15) is 0 Å². The van der Waals surface area contributed by atoms with Crippen LogP contribution in [0.3, 0.4) is 0 Å². The van der Waals surface area contributed by atoms with Crippen molar-refractivity contribution in [3.8, 4) is 0 Å². The fourth-order valence-electron chi connectivity index (χ4n) is 4.32. The van der Waals surface area contributed by atoms with Crippen LogP contribution in [0, 0.1) is 6.67 Å². The maximum Gasteiger partial charge on any atom is 0.218 e. The first kappa shape index (κ1) is 23.2. The van der Waals surface area contributed by atoms with Gasteiger partial charge in [-0.05, 0) is 52.0 Å². The highest BCUT2D eigenvalue weighted by Gasteiger charge is 2.28. The van der Waals surface area contributed by atoms with Crippen LogP contribution in [0.2, 0.25) is 0 Å². The summed E-state index contributed by atoms with van der Waals surface area (Å²) in [7, 11) is 0. The van der Waals surface area contributed by atoms with Crippen LogP contribution in [-0.2, 0) is 0 Å². The van der Waals surface area contributed by atoms with Gasteiger partial charge in [-0.3, -0.25) is 0 Å². The lowest BCUT2D eigenvalue weighted by atomic mass is 9.91. The van der Waals surface area contributed by atoms with Crippen LogP contribution in [0.25, 0.3) is 0 Å². The quantitative estimate of drug-likeness (QED) is 0.467. The normalized spacial score (nSPS) is 14.6. The molecule has 1 heterocycles. The van der Waals surface area contributed by atoms with Gasteiger partial charge in [0.2, 0.25) is 6.67 Å². The van der Waals surface area contributed by atoms with Crippen LogP contribution in [0.4, 0.5) is 11.4 Å². The molecule has 0 atom stereocenters. The van der Waals surface area contributed by atoms with Gasteiger partial charge in [-0.1, -0.05) is 98.4 Å². The third-order valence-electron chi connectivity index (χ3n) is 6.06. The van der Waals surface area contributed by atoms with Gasteiger partial charge >= 0.3 is 0 Å². The number of allylic oxidation sites excluding steroid dienone is 1. The van der Waals surface area contributed by atoms with Crippen molar-refractivity contribution >= 4 is 11.4 Å². The second-order valence-corrected chi connectivity index (χ2v) is 9.80. The Labute approximate surface area is 190 Å². The van der Waals surface area contributed by atoms with E-state index in [4.69, 9.17) is 0 Å². The molecule has 1 aliphatic rings. The summed E-state index contributed by atoms with van der Waals surface area (Å²) in [5.41, 5.74) is 8.76. The second kappa shape index (κ2) is 9.34. The molecule has 0 saturated carbocycles. The van der Waals surface area contributed by atoms with Crippen molar-refractivity contribution in [3.05, 3.63) is 89.9 Å². The fourth-order valence-corrected chi connectivity index (χ4v) is 4.32. The van der Waals surface area contributed by atoms with E-state index in [1.165, 1.54) is 33.6 Å². The molecule has 2 nitrogen and oxygen atoms in total. The molecule has 0 saturated heterocycles. The van der Waals surface area contributed by atoms with E-state index < -0.39 is 0 Å². The predicted molar refractivity (Wildman–Crippen MR) is 136 cm³/mol. The van der Waals surface area contributed by atoms with Gasteiger partial charge in [0, 0.05) is 17.6 Å². The smallest absolute Gasteiger partial charge is 0.218 e. The minimum absolute atomic E-state index is 0.414. The van der Waals surface area contributed by atoms with Gasteiger partial charge in [0.1, 0.15) is 0 Å². The Bertz CT molecular complexity index is 910. The molecule has 0 N–H and O–H groups in total. The number of anilines is 2. The van der Waals surface area contributed by atoms with Crippen molar-refractivity contribution in [1.82, 2.24) is 0 Å². The Morgan fingerprint density at radius 1 is 0.645 bits per heavy atom. The third kappa shape index (κ3) is 4.59. The number of para-hydroxylation sites is 2. The molecular weight excluding hydrogens is 376 g/mol. The van der Waals surface area contributed by atoms with Crippen molar-refractivity contribution < 1.29 is 0 Å². The Hall–Kier alpha value is -2.48. The first-order chi connectivity index (χ1) is 14.6. The first-order valence-electron chi connectivity index (χ1n) is 11.6.